The highest BCUT2D eigenvalue weighted by atomic mass is 16.5. The summed E-state index contributed by atoms with van der Waals surface area (Å²) < 4.78 is 11.5. The van der Waals surface area contributed by atoms with Crippen molar-refractivity contribution in [3.05, 3.63) is 35.4 Å². The third-order valence-corrected chi connectivity index (χ3v) is 7.63. The fourth-order valence-electron chi connectivity index (χ4n) is 5.53. The molecular weight excluding hydrogens is 437 g/mol. The molecule has 10 heteroatoms. The largest absolute Gasteiger partial charge is 0.535 e. The van der Waals surface area contributed by atoms with Crippen LogP contribution in [-0.4, -0.2) is 72.4 Å². The van der Waals surface area contributed by atoms with E-state index in [0.717, 1.165) is 37.8 Å². The number of rotatable bonds is 8. The van der Waals surface area contributed by atoms with E-state index in [-0.39, 0.29) is 40.8 Å². The van der Waals surface area contributed by atoms with Crippen molar-refractivity contribution in [3.63, 3.8) is 0 Å². The van der Waals surface area contributed by atoms with Gasteiger partial charge in [-0.2, -0.15) is 0 Å². The Kier molecular flexibility index (Phi) is 6.55. The second-order valence-corrected chi connectivity index (χ2v) is 9.86. The number of likely N-dealkylation sites (tertiary alicyclic amines) is 1. The Labute approximate surface area is 199 Å². The number of carboxylic acids is 1. The fraction of sp³-hybridized carbons (Fsp3) is 0.583. The summed E-state index contributed by atoms with van der Waals surface area (Å²) >= 11 is 0. The van der Waals surface area contributed by atoms with E-state index in [1.165, 1.54) is 0 Å². The van der Waals surface area contributed by atoms with Gasteiger partial charge >= 0.3 is 13.1 Å². The first-order valence-electron chi connectivity index (χ1n) is 12.3. The first-order chi connectivity index (χ1) is 16.4. The van der Waals surface area contributed by atoms with Gasteiger partial charge in [0.2, 0.25) is 5.91 Å². The van der Waals surface area contributed by atoms with E-state index >= 15 is 0 Å². The molecule has 9 nitrogen and oxygen atoms in total. The lowest BCUT2D eigenvalue weighted by atomic mass is 9.55. The number of benzene rings is 1. The quantitative estimate of drug-likeness (QED) is 0.331. The molecule has 1 saturated heterocycles. The summed E-state index contributed by atoms with van der Waals surface area (Å²) in [6, 6.07) is 3.98. The second-order valence-electron chi connectivity index (χ2n) is 9.86. The molecule has 1 aromatic rings. The number of amides is 1. The molecule has 5 rings (SSSR count). The summed E-state index contributed by atoms with van der Waals surface area (Å²) in [6.07, 6.45) is 8.34. The van der Waals surface area contributed by atoms with Crippen LogP contribution in [0.3, 0.4) is 0 Å². The molecule has 182 valence electrons. The van der Waals surface area contributed by atoms with Crippen LogP contribution in [0.25, 0.3) is 0 Å². The minimum Gasteiger partial charge on any atom is -0.535 e. The molecule has 2 aliphatic heterocycles. The molecule has 0 bridgehead atoms. The summed E-state index contributed by atoms with van der Waals surface area (Å²) in [5.74, 6) is -0.428. The van der Waals surface area contributed by atoms with Crippen LogP contribution in [0.15, 0.2) is 24.3 Å². The molecule has 4 aliphatic rings. The van der Waals surface area contributed by atoms with Gasteiger partial charge in [-0.25, -0.2) is 4.79 Å². The predicted molar refractivity (Wildman–Crippen MR) is 126 cm³/mol. The highest BCUT2D eigenvalue weighted by Gasteiger charge is 2.46. The standard InChI is InChI=1S/C24H32BN3O6/c26-9-10-27-15-3-1-14(2-4-15)11-21(29)28-12-16(13-28)33-20-8-6-18-17-5-7-19(17)25(32)34-23(18)22(20)24(30)31/h5-8,14-17,19,27,32H,1-4,9-13,26H2,(H,30,31)/t14-,15-,17-,19-/m1/s1. The number of hydrogen-bond donors (Lipinski definition) is 4. The van der Waals surface area contributed by atoms with Crippen LogP contribution in [0.1, 0.15) is 53.9 Å². The number of nitrogens with two attached hydrogens (primary N) is 1. The number of aromatic carboxylic acids is 1. The molecule has 2 atom stereocenters. The number of allylic oxidation sites excluding steroid dienone is 2. The number of fused-ring (bicyclic) bond motifs is 3. The third kappa shape index (κ3) is 4.42. The Morgan fingerprint density at radius 2 is 1.97 bits per heavy atom. The fourth-order valence-corrected chi connectivity index (χ4v) is 5.53. The molecule has 0 spiro atoms. The lowest BCUT2D eigenvalue weighted by Gasteiger charge is -2.41. The van der Waals surface area contributed by atoms with Crippen LogP contribution in [0.2, 0.25) is 5.82 Å². The highest BCUT2D eigenvalue weighted by Crippen LogP contribution is 2.51. The second kappa shape index (κ2) is 9.60. The first-order valence-corrected chi connectivity index (χ1v) is 12.3. The monoisotopic (exact) mass is 469 g/mol. The zero-order valence-electron chi connectivity index (χ0n) is 19.2. The number of carboxylic acid groups (broad SMARTS) is 1. The van der Waals surface area contributed by atoms with E-state index in [1.807, 2.05) is 18.2 Å². The van der Waals surface area contributed by atoms with Crippen molar-refractivity contribution in [2.24, 2.45) is 11.7 Å². The number of carbonyl (C=O) groups is 2. The van der Waals surface area contributed by atoms with E-state index in [4.69, 9.17) is 15.1 Å². The number of hydrogen-bond acceptors (Lipinski definition) is 7. The molecule has 0 radical (unpaired) electrons. The Morgan fingerprint density at radius 3 is 2.62 bits per heavy atom. The number of nitrogens with one attached hydrogen (secondary N) is 1. The number of carbonyl (C=O) groups excluding carboxylic acids is 1. The van der Waals surface area contributed by atoms with Crippen molar-refractivity contribution in [2.75, 3.05) is 26.2 Å². The molecule has 2 aliphatic carbocycles. The molecule has 34 heavy (non-hydrogen) atoms. The lowest BCUT2D eigenvalue weighted by Crippen LogP contribution is -2.56. The van der Waals surface area contributed by atoms with Gasteiger partial charge in [0.25, 0.3) is 0 Å². The molecule has 0 unspecified atom stereocenters. The SMILES string of the molecule is NCCN[C@H]1CC[C@H](CC(=O)N2CC(Oc3ccc4c(c3C(=O)O)OB(O)[C@@H]3C=C[C@H]43)C2)CC1. The molecule has 1 aromatic carbocycles. The van der Waals surface area contributed by atoms with Gasteiger partial charge in [0.15, 0.2) is 0 Å². The summed E-state index contributed by atoms with van der Waals surface area (Å²) in [5, 5.41) is 23.5. The van der Waals surface area contributed by atoms with Crippen LogP contribution < -0.4 is 20.4 Å². The first kappa shape index (κ1) is 23.2. The molecular formula is C24H32BN3O6. The zero-order chi connectivity index (χ0) is 23.8. The summed E-state index contributed by atoms with van der Waals surface area (Å²) in [6.45, 7) is 2.37. The van der Waals surface area contributed by atoms with Crippen molar-refractivity contribution in [3.8, 4) is 11.5 Å². The van der Waals surface area contributed by atoms with Crippen molar-refractivity contribution in [2.45, 2.75) is 56.0 Å². The van der Waals surface area contributed by atoms with Gasteiger partial charge in [0.05, 0.1) is 13.1 Å². The van der Waals surface area contributed by atoms with Crippen molar-refractivity contribution < 1.29 is 29.1 Å². The minimum absolute atomic E-state index is 0.0470. The van der Waals surface area contributed by atoms with Gasteiger partial charge in [0.1, 0.15) is 23.2 Å². The van der Waals surface area contributed by atoms with Gasteiger partial charge in [-0.1, -0.05) is 18.2 Å². The average molecular weight is 469 g/mol. The lowest BCUT2D eigenvalue weighted by molar-refractivity contribution is -0.141. The van der Waals surface area contributed by atoms with Crippen LogP contribution in [0.4, 0.5) is 0 Å². The summed E-state index contributed by atoms with van der Waals surface area (Å²) in [7, 11) is -1.07. The molecule has 1 saturated carbocycles. The Balaban J connectivity index is 1.15. The predicted octanol–water partition coefficient (Wildman–Crippen LogP) is 1.37. The summed E-state index contributed by atoms with van der Waals surface area (Å²) in [4.78, 5) is 26.5. The van der Waals surface area contributed by atoms with Gasteiger partial charge in [0, 0.05) is 42.9 Å². The smallest absolute Gasteiger partial charge is 0.530 e. The zero-order valence-corrected chi connectivity index (χ0v) is 19.2. The van der Waals surface area contributed by atoms with E-state index in [1.54, 1.807) is 11.0 Å². The number of nitrogens with zero attached hydrogens (tertiary/aromatic N) is 1. The maximum atomic E-state index is 12.7. The summed E-state index contributed by atoms with van der Waals surface area (Å²) in [5.41, 5.74) is 6.24. The maximum Gasteiger partial charge on any atom is 0.530 e. The molecule has 2 fully saturated rings. The highest BCUT2D eigenvalue weighted by molar-refractivity contribution is 6.48. The molecule has 0 aromatic heterocycles. The van der Waals surface area contributed by atoms with Crippen LogP contribution in [-0.2, 0) is 4.79 Å². The number of ether oxygens (including phenoxy) is 1. The van der Waals surface area contributed by atoms with Crippen LogP contribution in [0, 0.1) is 5.92 Å². The van der Waals surface area contributed by atoms with Gasteiger partial charge in [-0.15, -0.1) is 0 Å². The molecule has 5 N–H and O–H groups in total. The van der Waals surface area contributed by atoms with Crippen molar-refractivity contribution in [1.82, 2.24) is 10.2 Å². The maximum absolute atomic E-state index is 12.7. The van der Waals surface area contributed by atoms with E-state index in [2.05, 4.69) is 5.32 Å². The normalized spacial score (nSPS) is 27.7. The van der Waals surface area contributed by atoms with Crippen LogP contribution in [0.5, 0.6) is 11.5 Å². The Bertz CT molecular complexity index is 974. The van der Waals surface area contributed by atoms with E-state index in [0.29, 0.717) is 38.0 Å². The average Bonchev–Trinajstić information content (AvgIpc) is 2.75. The van der Waals surface area contributed by atoms with Crippen molar-refractivity contribution >= 4 is 19.0 Å². The van der Waals surface area contributed by atoms with Crippen LogP contribution >= 0.6 is 0 Å². The molecule has 2 heterocycles. The topological polar surface area (TPSA) is 134 Å². The third-order valence-electron chi connectivity index (χ3n) is 7.63. The van der Waals surface area contributed by atoms with Gasteiger partial charge in [-0.05, 0) is 37.7 Å². The van der Waals surface area contributed by atoms with E-state index in [9.17, 15) is 19.7 Å². The van der Waals surface area contributed by atoms with E-state index < -0.39 is 13.1 Å². The Morgan fingerprint density at radius 1 is 1.21 bits per heavy atom. The Hall–Kier alpha value is -2.56. The van der Waals surface area contributed by atoms with Gasteiger partial charge < -0.3 is 35.5 Å². The van der Waals surface area contributed by atoms with Crippen molar-refractivity contribution in [1.29, 1.82) is 0 Å². The molecule has 1 amide bonds. The van der Waals surface area contributed by atoms with Gasteiger partial charge in [-0.3, -0.25) is 4.79 Å². The minimum atomic E-state index is -1.16.